The Balaban J connectivity index is 1.50. The third kappa shape index (κ3) is 4.70. The topological polar surface area (TPSA) is 41.6 Å². The second-order valence-corrected chi connectivity index (χ2v) is 7.56. The van der Waals surface area contributed by atoms with E-state index in [9.17, 15) is 4.79 Å². The van der Waals surface area contributed by atoms with Gasteiger partial charge in [0, 0.05) is 29.2 Å². The van der Waals surface area contributed by atoms with Crippen molar-refractivity contribution in [2.75, 3.05) is 26.7 Å². The molecular weight excluding hydrogens is 356 g/mol. The molecule has 1 N–H and O–H groups in total. The molecule has 1 saturated carbocycles. The molecule has 2 fully saturated rings. The molecule has 0 bridgehead atoms. The van der Waals surface area contributed by atoms with Crippen LogP contribution in [0.2, 0.25) is 0 Å². The van der Waals surface area contributed by atoms with E-state index >= 15 is 0 Å². The van der Waals surface area contributed by atoms with E-state index in [1.54, 1.807) is 7.11 Å². The number of nitrogens with one attached hydrogen (secondary N) is 1. The first-order valence-corrected chi connectivity index (χ1v) is 9.28. The number of ether oxygens (including phenoxy) is 1. The molecule has 0 aromatic heterocycles. The number of carbonyl (C=O) groups is 1. The quantitative estimate of drug-likeness (QED) is 0.824. The van der Waals surface area contributed by atoms with Crippen molar-refractivity contribution in [3.8, 4) is 5.75 Å². The Morgan fingerprint density at radius 3 is 2.70 bits per heavy atom. The van der Waals surface area contributed by atoms with E-state index in [0.717, 1.165) is 54.2 Å². The van der Waals surface area contributed by atoms with Crippen LogP contribution in [0.1, 0.15) is 31.2 Å². The summed E-state index contributed by atoms with van der Waals surface area (Å²) in [6.07, 6.45) is 5.31. The molecule has 4 nitrogen and oxygen atoms in total. The summed E-state index contributed by atoms with van der Waals surface area (Å²) in [6.45, 7) is 2.88. The van der Waals surface area contributed by atoms with Gasteiger partial charge >= 0.3 is 0 Å². The van der Waals surface area contributed by atoms with Crippen molar-refractivity contribution in [2.24, 2.45) is 5.92 Å². The molecule has 0 radical (unpaired) electrons. The van der Waals surface area contributed by atoms with E-state index in [2.05, 4.69) is 21.2 Å². The zero-order valence-corrected chi connectivity index (χ0v) is 15.3. The van der Waals surface area contributed by atoms with Gasteiger partial charge in [0.1, 0.15) is 5.75 Å². The maximum absolute atomic E-state index is 12.6. The van der Waals surface area contributed by atoms with E-state index in [4.69, 9.17) is 4.74 Å². The molecule has 1 heterocycles. The average molecular weight is 381 g/mol. The predicted molar refractivity (Wildman–Crippen MR) is 94.7 cm³/mol. The van der Waals surface area contributed by atoms with Crippen LogP contribution >= 0.6 is 15.9 Å². The van der Waals surface area contributed by atoms with Gasteiger partial charge in [0.05, 0.1) is 13.5 Å². The zero-order chi connectivity index (χ0) is 16.2. The summed E-state index contributed by atoms with van der Waals surface area (Å²) in [4.78, 5) is 14.6. The molecule has 0 unspecified atom stereocenters. The summed E-state index contributed by atoms with van der Waals surface area (Å²) in [5, 5.41) is 3.65. The van der Waals surface area contributed by atoms with E-state index in [-0.39, 0.29) is 5.91 Å². The summed E-state index contributed by atoms with van der Waals surface area (Å²) in [6, 6.07) is 6.39. The number of benzene rings is 1. The first-order valence-electron chi connectivity index (χ1n) is 8.49. The highest BCUT2D eigenvalue weighted by atomic mass is 79.9. The number of nitrogens with zero attached hydrogens (tertiary/aromatic N) is 1. The number of hydrogen-bond acceptors (Lipinski definition) is 3. The second kappa shape index (κ2) is 7.67. The molecule has 23 heavy (non-hydrogen) atoms. The van der Waals surface area contributed by atoms with E-state index in [1.807, 2.05) is 23.1 Å². The van der Waals surface area contributed by atoms with Gasteiger partial charge in [0.2, 0.25) is 5.91 Å². The van der Waals surface area contributed by atoms with Gasteiger partial charge in [-0.2, -0.15) is 0 Å². The van der Waals surface area contributed by atoms with Gasteiger partial charge in [-0.15, -0.1) is 0 Å². The van der Waals surface area contributed by atoms with Crippen molar-refractivity contribution >= 4 is 21.8 Å². The fourth-order valence-corrected chi connectivity index (χ4v) is 3.56. The van der Waals surface area contributed by atoms with Gasteiger partial charge in [-0.1, -0.05) is 15.9 Å². The van der Waals surface area contributed by atoms with E-state index < -0.39 is 0 Å². The van der Waals surface area contributed by atoms with Crippen molar-refractivity contribution in [1.29, 1.82) is 0 Å². The lowest BCUT2D eigenvalue weighted by molar-refractivity contribution is -0.131. The SMILES string of the molecule is COc1ccc(Br)cc1CC(=O)N1CCC(NCC2CC2)CC1. The second-order valence-electron chi connectivity index (χ2n) is 6.64. The number of piperidine rings is 1. The van der Waals surface area contributed by atoms with Gasteiger partial charge in [0.25, 0.3) is 0 Å². The zero-order valence-electron chi connectivity index (χ0n) is 13.7. The first-order chi connectivity index (χ1) is 11.2. The monoisotopic (exact) mass is 380 g/mol. The molecule has 5 heteroatoms. The smallest absolute Gasteiger partial charge is 0.227 e. The fraction of sp³-hybridized carbons (Fsp3) is 0.611. The number of hydrogen-bond donors (Lipinski definition) is 1. The molecule has 126 valence electrons. The van der Waals surface area contributed by atoms with Gasteiger partial charge in [-0.05, 0) is 56.3 Å². The van der Waals surface area contributed by atoms with Crippen molar-refractivity contribution in [1.82, 2.24) is 10.2 Å². The number of amides is 1. The Bertz CT molecular complexity index is 552. The van der Waals surface area contributed by atoms with Gasteiger partial charge in [-0.25, -0.2) is 0 Å². The predicted octanol–water partition coefficient (Wildman–Crippen LogP) is 2.99. The third-order valence-electron chi connectivity index (χ3n) is 4.82. The van der Waals surface area contributed by atoms with Crippen LogP contribution in [0.15, 0.2) is 22.7 Å². The normalized spacial score (nSPS) is 19.0. The Morgan fingerprint density at radius 1 is 1.30 bits per heavy atom. The van der Waals surface area contributed by atoms with E-state index in [1.165, 1.54) is 12.8 Å². The molecule has 0 atom stereocenters. The molecule has 0 spiro atoms. The fourth-order valence-electron chi connectivity index (χ4n) is 3.15. The van der Waals surface area contributed by atoms with Crippen LogP contribution in [0.25, 0.3) is 0 Å². The van der Waals surface area contributed by atoms with Gasteiger partial charge < -0.3 is 15.0 Å². The highest BCUT2D eigenvalue weighted by Crippen LogP contribution is 2.28. The average Bonchev–Trinajstić information content (AvgIpc) is 3.38. The lowest BCUT2D eigenvalue weighted by Gasteiger charge is -2.32. The maximum atomic E-state index is 12.6. The van der Waals surface area contributed by atoms with Crippen LogP contribution < -0.4 is 10.1 Å². The van der Waals surface area contributed by atoms with Gasteiger partial charge in [-0.3, -0.25) is 4.79 Å². The van der Waals surface area contributed by atoms with Crippen molar-refractivity contribution in [3.63, 3.8) is 0 Å². The van der Waals surface area contributed by atoms with Crippen LogP contribution in [0.3, 0.4) is 0 Å². The molecule has 1 amide bonds. The summed E-state index contributed by atoms with van der Waals surface area (Å²) in [5.41, 5.74) is 0.945. The van der Waals surface area contributed by atoms with Crippen molar-refractivity contribution in [3.05, 3.63) is 28.2 Å². The maximum Gasteiger partial charge on any atom is 0.227 e. The van der Waals surface area contributed by atoms with Crippen molar-refractivity contribution < 1.29 is 9.53 Å². The molecule has 2 aliphatic rings. The molecular formula is C18H25BrN2O2. The highest BCUT2D eigenvalue weighted by molar-refractivity contribution is 9.10. The Labute approximate surface area is 146 Å². The number of likely N-dealkylation sites (tertiary alicyclic amines) is 1. The first kappa shape index (κ1) is 16.8. The number of rotatable bonds is 6. The number of carbonyl (C=O) groups excluding carboxylic acids is 1. The van der Waals surface area contributed by atoms with Crippen LogP contribution in [0.5, 0.6) is 5.75 Å². The lowest BCUT2D eigenvalue weighted by atomic mass is 10.0. The van der Waals surface area contributed by atoms with Gasteiger partial charge in [0.15, 0.2) is 0 Å². The Kier molecular flexibility index (Phi) is 5.59. The number of methoxy groups -OCH3 is 1. The summed E-state index contributed by atoms with van der Waals surface area (Å²) in [7, 11) is 1.65. The molecule has 3 rings (SSSR count). The summed E-state index contributed by atoms with van der Waals surface area (Å²) >= 11 is 3.46. The molecule has 1 aromatic carbocycles. The Morgan fingerprint density at radius 2 is 2.04 bits per heavy atom. The molecule has 1 aliphatic carbocycles. The number of halogens is 1. The lowest BCUT2D eigenvalue weighted by Crippen LogP contribution is -2.45. The molecule has 1 aliphatic heterocycles. The standard InChI is InChI=1S/C18H25BrN2O2/c1-23-17-5-4-15(19)10-14(17)11-18(22)21-8-6-16(7-9-21)20-12-13-2-3-13/h4-5,10,13,16,20H,2-3,6-9,11-12H2,1H3. The molecule has 1 aromatic rings. The van der Waals surface area contributed by atoms with E-state index in [0.29, 0.717) is 12.5 Å². The summed E-state index contributed by atoms with van der Waals surface area (Å²) in [5.74, 6) is 1.89. The minimum absolute atomic E-state index is 0.196. The summed E-state index contributed by atoms with van der Waals surface area (Å²) < 4.78 is 6.34. The third-order valence-corrected chi connectivity index (χ3v) is 5.32. The Hall–Kier alpha value is -1.07. The van der Waals surface area contributed by atoms with Crippen LogP contribution in [-0.4, -0.2) is 43.6 Å². The van der Waals surface area contributed by atoms with Crippen LogP contribution in [0, 0.1) is 5.92 Å². The van der Waals surface area contributed by atoms with Crippen LogP contribution in [0.4, 0.5) is 0 Å². The van der Waals surface area contributed by atoms with Crippen molar-refractivity contribution in [2.45, 2.75) is 38.1 Å². The highest BCUT2D eigenvalue weighted by Gasteiger charge is 2.26. The van der Waals surface area contributed by atoms with Crippen LogP contribution in [-0.2, 0) is 11.2 Å². The minimum atomic E-state index is 0.196. The largest absolute Gasteiger partial charge is 0.496 e. The minimum Gasteiger partial charge on any atom is -0.496 e. The molecule has 1 saturated heterocycles.